The van der Waals surface area contributed by atoms with Crippen molar-refractivity contribution in [2.45, 2.75) is 32.7 Å². The summed E-state index contributed by atoms with van der Waals surface area (Å²) in [6.45, 7) is 4.65. The van der Waals surface area contributed by atoms with Crippen molar-refractivity contribution in [1.29, 1.82) is 0 Å². The fraction of sp³-hybridized carbons (Fsp3) is 0.500. The highest BCUT2D eigenvalue weighted by Crippen LogP contribution is 2.34. The van der Waals surface area contributed by atoms with Crippen LogP contribution in [0.2, 0.25) is 0 Å². The molecule has 0 aliphatic heterocycles. The van der Waals surface area contributed by atoms with Gasteiger partial charge in [0.05, 0.1) is 15.6 Å². The lowest BCUT2D eigenvalue weighted by Gasteiger charge is -2.18. The van der Waals surface area contributed by atoms with E-state index in [1.165, 1.54) is 24.8 Å². The predicted molar refractivity (Wildman–Crippen MR) is 91.2 cm³/mol. The van der Waals surface area contributed by atoms with Crippen molar-refractivity contribution < 1.29 is 4.74 Å². The summed E-state index contributed by atoms with van der Waals surface area (Å²) < 4.78 is 7.61. The summed E-state index contributed by atoms with van der Waals surface area (Å²) in [4.78, 5) is 0. The van der Waals surface area contributed by atoms with Crippen LogP contribution in [0, 0.1) is 5.92 Å². The molecule has 0 aromatic heterocycles. The molecule has 0 saturated carbocycles. The summed E-state index contributed by atoms with van der Waals surface area (Å²) in [7, 11) is 0. The molecule has 0 fully saturated rings. The van der Waals surface area contributed by atoms with Crippen LogP contribution in [-0.4, -0.2) is 13.2 Å². The quantitative estimate of drug-likeness (QED) is 0.671. The van der Waals surface area contributed by atoms with Gasteiger partial charge >= 0.3 is 0 Å². The monoisotopic (exact) mass is 401 g/mol. The van der Waals surface area contributed by atoms with Crippen molar-refractivity contribution in [2.24, 2.45) is 5.92 Å². The lowest BCUT2D eigenvalue weighted by Crippen LogP contribution is -2.23. The van der Waals surface area contributed by atoms with Gasteiger partial charge in [-0.3, -0.25) is 0 Å². The molecular weight excluding hydrogens is 382 g/mol. The second-order valence-electron chi connectivity index (χ2n) is 5.10. The molecule has 2 nitrogen and oxygen atoms in total. The van der Waals surface area contributed by atoms with E-state index in [-0.39, 0.29) is 0 Å². The average molecular weight is 403 g/mol. The molecule has 1 N–H and O–H groups in total. The minimum atomic E-state index is 0.671. The molecular formula is C16H21Br2NO. The van der Waals surface area contributed by atoms with Crippen molar-refractivity contribution in [3.05, 3.63) is 38.8 Å². The third-order valence-corrected chi connectivity index (χ3v) is 4.66. The van der Waals surface area contributed by atoms with E-state index in [0.717, 1.165) is 33.7 Å². The summed E-state index contributed by atoms with van der Waals surface area (Å²) in [5.41, 5.74) is 1.26. The molecule has 1 aliphatic carbocycles. The summed E-state index contributed by atoms with van der Waals surface area (Å²) in [6.07, 6.45) is 8.34. The van der Waals surface area contributed by atoms with Crippen LogP contribution in [0.4, 0.5) is 0 Å². The van der Waals surface area contributed by atoms with E-state index in [2.05, 4.69) is 61.5 Å². The Labute approximate surface area is 138 Å². The van der Waals surface area contributed by atoms with Gasteiger partial charge in [0, 0.05) is 6.54 Å². The van der Waals surface area contributed by atoms with E-state index in [1.807, 2.05) is 6.92 Å². The Morgan fingerprint density at radius 2 is 2.00 bits per heavy atom. The van der Waals surface area contributed by atoms with E-state index in [1.54, 1.807) is 0 Å². The number of benzene rings is 1. The van der Waals surface area contributed by atoms with Gasteiger partial charge in [-0.05, 0) is 88.2 Å². The minimum Gasteiger partial charge on any atom is -0.492 e. The van der Waals surface area contributed by atoms with Gasteiger partial charge in [-0.25, -0.2) is 0 Å². The molecule has 1 aliphatic rings. The average Bonchev–Trinajstić information content (AvgIpc) is 2.44. The van der Waals surface area contributed by atoms with Crippen molar-refractivity contribution in [3.8, 4) is 5.75 Å². The number of rotatable bonds is 6. The standard InChI is InChI=1S/C16H21Br2NO/c1-2-20-16-14(17)8-13(9-15(16)18)11-19-10-12-6-4-3-5-7-12/h3-4,8-9,12,19H,2,5-7,10-11H2,1H3. The van der Waals surface area contributed by atoms with Crippen LogP contribution in [0.15, 0.2) is 33.2 Å². The Kier molecular flexibility index (Phi) is 6.59. The molecule has 110 valence electrons. The minimum absolute atomic E-state index is 0.671. The predicted octanol–water partition coefficient (Wildman–Crippen LogP) is 5.06. The largest absolute Gasteiger partial charge is 0.492 e. The van der Waals surface area contributed by atoms with Crippen LogP contribution >= 0.6 is 31.9 Å². The van der Waals surface area contributed by atoms with Crippen LogP contribution in [-0.2, 0) is 6.54 Å². The molecule has 0 amide bonds. The SMILES string of the molecule is CCOc1c(Br)cc(CNCC2CC=CCC2)cc1Br. The lowest BCUT2D eigenvalue weighted by molar-refractivity contribution is 0.336. The molecule has 0 radical (unpaired) electrons. The van der Waals surface area contributed by atoms with Gasteiger partial charge in [0.25, 0.3) is 0 Å². The number of ether oxygens (including phenoxy) is 1. The Morgan fingerprint density at radius 3 is 2.60 bits per heavy atom. The molecule has 0 bridgehead atoms. The topological polar surface area (TPSA) is 21.3 Å². The highest BCUT2D eigenvalue weighted by Gasteiger charge is 2.11. The zero-order valence-electron chi connectivity index (χ0n) is 11.8. The molecule has 1 unspecified atom stereocenters. The van der Waals surface area contributed by atoms with Gasteiger partial charge in [-0.1, -0.05) is 12.2 Å². The van der Waals surface area contributed by atoms with E-state index in [0.29, 0.717) is 6.61 Å². The van der Waals surface area contributed by atoms with Crippen molar-refractivity contribution in [1.82, 2.24) is 5.32 Å². The maximum atomic E-state index is 5.60. The van der Waals surface area contributed by atoms with Crippen LogP contribution in [0.1, 0.15) is 31.7 Å². The maximum Gasteiger partial charge on any atom is 0.147 e. The number of allylic oxidation sites excluding steroid dienone is 2. The molecule has 1 atom stereocenters. The number of hydrogen-bond donors (Lipinski definition) is 1. The molecule has 4 heteroatoms. The molecule has 2 rings (SSSR count). The molecule has 1 aromatic rings. The first-order valence-electron chi connectivity index (χ1n) is 7.17. The third-order valence-electron chi connectivity index (χ3n) is 3.49. The second-order valence-corrected chi connectivity index (χ2v) is 6.81. The van der Waals surface area contributed by atoms with Gasteiger partial charge < -0.3 is 10.1 Å². The van der Waals surface area contributed by atoms with Crippen molar-refractivity contribution in [2.75, 3.05) is 13.2 Å². The summed E-state index contributed by atoms with van der Waals surface area (Å²) in [5, 5.41) is 3.56. The summed E-state index contributed by atoms with van der Waals surface area (Å²) in [6, 6.07) is 4.26. The van der Waals surface area contributed by atoms with E-state index in [4.69, 9.17) is 4.74 Å². The number of halogens is 2. The Balaban J connectivity index is 1.88. The first-order chi connectivity index (χ1) is 9.70. The highest BCUT2D eigenvalue weighted by atomic mass is 79.9. The van der Waals surface area contributed by atoms with Gasteiger partial charge in [-0.15, -0.1) is 0 Å². The third kappa shape index (κ3) is 4.61. The van der Waals surface area contributed by atoms with E-state index in [9.17, 15) is 0 Å². The van der Waals surface area contributed by atoms with Gasteiger partial charge in [-0.2, -0.15) is 0 Å². The summed E-state index contributed by atoms with van der Waals surface area (Å²) in [5.74, 6) is 1.67. The molecule has 0 heterocycles. The Morgan fingerprint density at radius 1 is 1.25 bits per heavy atom. The fourth-order valence-corrected chi connectivity index (χ4v) is 3.97. The fourth-order valence-electron chi connectivity index (χ4n) is 2.46. The van der Waals surface area contributed by atoms with Gasteiger partial charge in [0.2, 0.25) is 0 Å². The second kappa shape index (κ2) is 8.20. The van der Waals surface area contributed by atoms with Crippen molar-refractivity contribution in [3.63, 3.8) is 0 Å². The number of nitrogens with one attached hydrogen (secondary N) is 1. The normalized spacial score (nSPS) is 18.2. The van der Waals surface area contributed by atoms with Gasteiger partial charge in [0.1, 0.15) is 5.75 Å². The van der Waals surface area contributed by atoms with E-state index < -0.39 is 0 Å². The highest BCUT2D eigenvalue weighted by molar-refractivity contribution is 9.11. The van der Waals surface area contributed by atoms with Crippen LogP contribution in [0.3, 0.4) is 0 Å². The molecule has 20 heavy (non-hydrogen) atoms. The Bertz CT molecular complexity index is 451. The van der Waals surface area contributed by atoms with Crippen LogP contribution in [0.5, 0.6) is 5.75 Å². The maximum absolute atomic E-state index is 5.60. The van der Waals surface area contributed by atoms with Crippen molar-refractivity contribution >= 4 is 31.9 Å². The van der Waals surface area contributed by atoms with Crippen LogP contribution in [0.25, 0.3) is 0 Å². The summed E-state index contributed by atoms with van der Waals surface area (Å²) >= 11 is 7.15. The smallest absolute Gasteiger partial charge is 0.147 e. The molecule has 0 saturated heterocycles. The van der Waals surface area contributed by atoms with Crippen LogP contribution < -0.4 is 10.1 Å². The first-order valence-corrected chi connectivity index (χ1v) is 8.75. The Hall–Kier alpha value is -0.320. The van der Waals surface area contributed by atoms with E-state index >= 15 is 0 Å². The number of hydrogen-bond acceptors (Lipinski definition) is 2. The zero-order chi connectivity index (χ0) is 14.4. The molecule has 1 aromatic carbocycles. The lowest BCUT2D eigenvalue weighted by atomic mass is 9.94. The first kappa shape index (κ1) is 16.1. The van der Waals surface area contributed by atoms with Gasteiger partial charge in [0.15, 0.2) is 0 Å². The zero-order valence-corrected chi connectivity index (χ0v) is 15.0. The molecule has 0 spiro atoms.